The first-order chi connectivity index (χ1) is 13.1. The van der Waals surface area contributed by atoms with Gasteiger partial charge in [-0.1, -0.05) is 47.5 Å². The van der Waals surface area contributed by atoms with E-state index < -0.39 is 0 Å². The molecule has 4 rings (SSSR count). The molecule has 0 atom stereocenters. The molecule has 1 aliphatic rings. The third-order valence-corrected chi connectivity index (χ3v) is 5.76. The number of benzene rings is 2. The van der Waals surface area contributed by atoms with Crippen LogP contribution < -0.4 is 5.32 Å². The molecule has 1 N–H and O–H groups in total. The number of thiazole rings is 1. The summed E-state index contributed by atoms with van der Waals surface area (Å²) in [4.78, 5) is 20.9. The highest BCUT2D eigenvalue weighted by atomic mass is 32.1. The van der Waals surface area contributed by atoms with Crippen molar-refractivity contribution in [1.29, 1.82) is 0 Å². The van der Waals surface area contributed by atoms with Crippen LogP contribution in [0.5, 0.6) is 0 Å². The molecule has 0 fully saturated rings. The maximum atomic E-state index is 12.6. The number of nitrogens with zero attached hydrogens (tertiary/aromatic N) is 2. The fourth-order valence-electron chi connectivity index (χ4n) is 3.55. The maximum Gasteiger partial charge on any atom is 0.257 e. The molecule has 0 saturated carbocycles. The summed E-state index contributed by atoms with van der Waals surface area (Å²) < 4.78 is 0. The van der Waals surface area contributed by atoms with Crippen LogP contribution in [-0.4, -0.2) is 22.3 Å². The average molecular weight is 378 g/mol. The second-order valence-corrected chi connectivity index (χ2v) is 8.25. The molecule has 0 spiro atoms. The summed E-state index contributed by atoms with van der Waals surface area (Å²) in [7, 11) is 0. The van der Waals surface area contributed by atoms with Gasteiger partial charge in [-0.3, -0.25) is 15.0 Å². The predicted molar refractivity (Wildman–Crippen MR) is 110 cm³/mol. The van der Waals surface area contributed by atoms with Crippen molar-refractivity contribution in [3.63, 3.8) is 0 Å². The number of aryl methyl sites for hydroxylation is 2. The molecule has 0 radical (unpaired) electrons. The topological polar surface area (TPSA) is 45.2 Å². The zero-order valence-corrected chi connectivity index (χ0v) is 16.5. The SMILES string of the molecule is Cc1cc(C)cc(C(=O)Nc2nc3c(s2)CN(Cc2ccccc2)CC3)c1. The number of hydrogen-bond acceptors (Lipinski definition) is 4. The Kier molecular flexibility index (Phi) is 5.05. The molecule has 1 aliphatic heterocycles. The first-order valence-electron chi connectivity index (χ1n) is 9.21. The van der Waals surface area contributed by atoms with Crippen LogP contribution in [0.3, 0.4) is 0 Å². The highest BCUT2D eigenvalue weighted by Crippen LogP contribution is 2.29. The number of anilines is 1. The van der Waals surface area contributed by atoms with Gasteiger partial charge in [0.1, 0.15) is 0 Å². The summed E-state index contributed by atoms with van der Waals surface area (Å²) in [6, 6.07) is 16.4. The van der Waals surface area contributed by atoms with Crippen LogP contribution in [0.4, 0.5) is 5.13 Å². The number of rotatable bonds is 4. The number of nitrogens with one attached hydrogen (secondary N) is 1. The lowest BCUT2D eigenvalue weighted by Gasteiger charge is -2.25. The molecule has 0 unspecified atom stereocenters. The van der Waals surface area contributed by atoms with Gasteiger partial charge in [-0.2, -0.15) is 0 Å². The molecule has 2 aromatic carbocycles. The minimum Gasteiger partial charge on any atom is -0.298 e. The van der Waals surface area contributed by atoms with E-state index in [9.17, 15) is 4.79 Å². The molecular weight excluding hydrogens is 354 g/mol. The maximum absolute atomic E-state index is 12.6. The normalized spacial score (nSPS) is 14.0. The third kappa shape index (κ3) is 4.26. The summed E-state index contributed by atoms with van der Waals surface area (Å²) in [5, 5.41) is 3.68. The van der Waals surface area contributed by atoms with Crippen molar-refractivity contribution < 1.29 is 4.79 Å². The van der Waals surface area contributed by atoms with Crippen molar-refractivity contribution in [2.24, 2.45) is 0 Å². The predicted octanol–water partition coefficient (Wildman–Crippen LogP) is 4.57. The van der Waals surface area contributed by atoms with Gasteiger partial charge in [0, 0.05) is 36.5 Å². The smallest absolute Gasteiger partial charge is 0.257 e. The van der Waals surface area contributed by atoms with Crippen LogP contribution in [0, 0.1) is 13.8 Å². The molecular formula is C22H23N3OS. The molecule has 0 aliphatic carbocycles. The summed E-state index contributed by atoms with van der Waals surface area (Å²) in [6.45, 7) is 6.85. The Balaban J connectivity index is 1.44. The number of aromatic nitrogens is 1. The zero-order valence-electron chi connectivity index (χ0n) is 15.7. The second kappa shape index (κ2) is 7.62. The number of fused-ring (bicyclic) bond motifs is 1. The largest absolute Gasteiger partial charge is 0.298 e. The van der Waals surface area contributed by atoms with E-state index in [0.717, 1.165) is 42.9 Å². The Morgan fingerprint density at radius 2 is 1.89 bits per heavy atom. The molecule has 3 aromatic rings. The minimum atomic E-state index is -0.0889. The highest BCUT2D eigenvalue weighted by molar-refractivity contribution is 7.15. The third-order valence-electron chi connectivity index (χ3n) is 4.76. The zero-order chi connectivity index (χ0) is 18.8. The van der Waals surface area contributed by atoms with Gasteiger partial charge in [-0.05, 0) is 31.5 Å². The fraction of sp³-hybridized carbons (Fsp3) is 0.273. The first kappa shape index (κ1) is 17.9. The lowest BCUT2D eigenvalue weighted by molar-refractivity contribution is 0.102. The molecule has 0 bridgehead atoms. The Bertz CT molecular complexity index is 945. The van der Waals surface area contributed by atoms with Crippen molar-refractivity contribution >= 4 is 22.4 Å². The van der Waals surface area contributed by atoms with Gasteiger partial charge >= 0.3 is 0 Å². The molecule has 2 heterocycles. The summed E-state index contributed by atoms with van der Waals surface area (Å²) in [6.07, 6.45) is 0.929. The van der Waals surface area contributed by atoms with Crippen LogP contribution in [-0.2, 0) is 19.5 Å². The molecule has 27 heavy (non-hydrogen) atoms. The van der Waals surface area contributed by atoms with E-state index >= 15 is 0 Å². The number of hydrogen-bond donors (Lipinski definition) is 1. The van der Waals surface area contributed by atoms with Crippen LogP contribution >= 0.6 is 11.3 Å². The van der Waals surface area contributed by atoms with Gasteiger partial charge < -0.3 is 0 Å². The van der Waals surface area contributed by atoms with Crippen LogP contribution in [0.1, 0.15) is 37.6 Å². The van der Waals surface area contributed by atoms with Crippen molar-refractivity contribution in [3.05, 3.63) is 81.4 Å². The lowest BCUT2D eigenvalue weighted by Crippen LogP contribution is -2.29. The summed E-state index contributed by atoms with van der Waals surface area (Å²) in [5.74, 6) is -0.0889. The quantitative estimate of drug-likeness (QED) is 0.724. The molecule has 4 nitrogen and oxygen atoms in total. The van der Waals surface area contributed by atoms with Crippen LogP contribution in [0.25, 0.3) is 0 Å². The number of carbonyl (C=O) groups excluding carboxylic acids is 1. The number of amides is 1. The molecule has 0 saturated heterocycles. The highest BCUT2D eigenvalue weighted by Gasteiger charge is 2.21. The van der Waals surface area contributed by atoms with Gasteiger partial charge in [0.05, 0.1) is 5.69 Å². The average Bonchev–Trinajstić information content (AvgIpc) is 3.03. The Morgan fingerprint density at radius 1 is 1.15 bits per heavy atom. The monoisotopic (exact) mass is 377 g/mol. The van der Waals surface area contributed by atoms with Gasteiger partial charge in [0.2, 0.25) is 0 Å². The molecule has 1 amide bonds. The Morgan fingerprint density at radius 3 is 2.63 bits per heavy atom. The molecule has 1 aromatic heterocycles. The van der Waals surface area contributed by atoms with E-state index in [2.05, 4.69) is 45.5 Å². The van der Waals surface area contributed by atoms with E-state index in [1.165, 1.54) is 10.4 Å². The fourth-order valence-corrected chi connectivity index (χ4v) is 4.60. The minimum absolute atomic E-state index is 0.0889. The van der Waals surface area contributed by atoms with Crippen molar-refractivity contribution in [3.8, 4) is 0 Å². The lowest BCUT2D eigenvalue weighted by atomic mass is 10.1. The standard InChI is InChI=1S/C22H23N3OS/c1-15-10-16(2)12-18(11-15)21(26)24-22-23-19-8-9-25(14-20(19)27-22)13-17-6-4-3-5-7-17/h3-7,10-12H,8-9,13-14H2,1-2H3,(H,23,24,26). The number of carbonyl (C=O) groups is 1. The van der Waals surface area contributed by atoms with E-state index in [4.69, 9.17) is 0 Å². The Labute approximate surface area is 163 Å². The van der Waals surface area contributed by atoms with Gasteiger partial charge in [-0.25, -0.2) is 4.98 Å². The van der Waals surface area contributed by atoms with E-state index in [-0.39, 0.29) is 5.91 Å². The van der Waals surface area contributed by atoms with E-state index in [1.807, 2.05) is 32.0 Å². The van der Waals surface area contributed by atoms with E-state index in [0.29, 0.717) is 10.7 Å². The first-order valence-corrected chi connectivity index (χ1v) is 10.0. The van der Waals surface area contributed by atoms with Crippen molar-refractivity contribution in [2.45, 2.75) is 33.4 Å². The molecule has 5 heteroatoms. The Hall–Kier alpha value is -2.50. The molecule has 138 valence electrons. The van der Waals surface area contributed by atoms with Crippen molar-refractivity contribution in [1.82, 2.24) is 9.88 Å². The summed E-state index contributed by atoms with van der Waals surface area (Å²) >= 11 is 1.60. The van der Waals surface area contributed by atoms with Gasteiger partial charge in [-0.15, -0.1) is 11.3 Å². The second-order valence-electron chi connectivity index (χ2n) is 7.17. The van der Waals surface area contributed by atoms with Gasteiger partial charge in [0.25, 0.3) is 5.91 Å². The van der Waals surface area contributed by atoms with Crippen LogP contribution in [0.15, 0.2) is 48.5 Å². The van der Waals surface area contributed by atoms with E-state index in [1.54, 1.807) is 11.3 Å². The van der Waals surface area contributed by atoms with Crippen LogP contribution in [0.2, 0.25) is 0 Å². The summed E-state index contributed by atoms with van der Waals surface area (Å²) in [5.41, 5.74) is 5.32. The van der Waals surface area contributed by atoms with Crippen molar-refractivity contribution in [2.75, 3.05) is 11.9 Å². The van der Waals surface area contributed by atoms with Gasteiger partial charge in [0.15, 0.2) is 5.13 Å².